The fourth-order valence-corrected chi connectivity index (χ4v) is 2.68. The van der Waals surface area contributed by atoms with Crippen LogP contribution >= 0.6 is 7.75 Å². The van der Waals surface area contributed by atoms with E-state index in [1.807, 2.05) is 0 Å². The third kappa shape index (κ3) is 3.06. The van der Waals surface area contributed by atoms with Crippen LogP contribution in [0.4, 0.5) is 0 Å². The summed E-state index contributed by atoms with van der Waals surface area (Å²) in [6, 6.07) is 0. The molecule has 0 amide bonds. The normalized spacial score (nSPS) is 40.5. The molecule has 13 heavy (non-hydrogen) atoms. The van der Waals surface area contributed by atoms with Crippen LogP contribution in [0.3, 0.4) is 0 Å². The molecule has 1 rings (SSSR count). The monoisotopic (exact) mass is 207 g/mol. The summed E-state index contributed by atoms with van der Waals surface area (Å²) in [4.78, 5) is 0. The average Bonchev–Trinajstić information content (AvgIpc) is 2.04. The van der Waals surface area contributed by atoms with Crippen molar-refractivity contribution in [1.29, 1.82) is 0 Å². The summed E-state index contributed by atoms with van der Waals surface area (Å²) in [6.45, 7) is 4.62. The van der Waals surface area contributed by atoms with Gasteiger partial charge in [0.25, 0.3) is 0 Å². The molecule has 0 radical (unpaired) electrons. The van der Waals surface area contributed by atoms with Gasteiger partial charge in [0.05, 0.1) is 12.7 Å². The van der Waals surface area contributed by atoms with Crippen molar-refractivity contribution in [3.63, 3.8) is 0 Å². The molecule has 1 aliphatic heterocycles. The third-order valence-corrected chi connectivity index (χ3v) is 3.45. The van der Waals surface area contributed by atoms with Crippen LogP contribution in [-0.2, 0) is 13.6 Å². The van der Waals surface area contributed by atoms with E-state index in [2.05, 4.69) is 13.8 Å². The molecule has 0 saturated carbocycles. The van der Waals surface area contributed by atoms with Crippen molar-refractivity contribution < 1.29 is 13.6 Å². The van der Waals surface area contributed by atoms with Gasteiger partial charge < -0.3 is 0 Å². The first-order chi connectivity index (χ1) is 6.09. The highest BCUT2D eigenvalue weighted by atomic mass is 31.2. The van der Waals surface area contributed by atoms with Crippen LogP contribution in [0.15, 0.2) is 0 Å². The summed E-state index contributed by atoms with van der Waals surface area (Å²) in [5.74, 6) is 0.338. The molecule has 4 nitrogen and oxygen atoms in total. The minimum Gasteiger partial charge on any atom is -0.297 e. The summed E-state index contributed by atoms with van der Waals surface area (Å²) in [5.41, 5.74) is 5.33. The number of rotatable bonds is 3. The van der Waals surface area contributed by atoms with Gasteiger partial charge in [0, 0.05) is 5.92 Å². The molecule has 0 aliphatic carbocycles. The van der Waals surface area contributed by atoms with Crippen LogP contribution in [0.1, 0.15) is 33.1 Å². The smallest absolute Gasteiger partial charge is 0.297 e. The second-order valence-corrected chi connectivity index (χ2v) is 4.99. The van der Waals surface area contributed by atoms with Crippen molar-refractivity contribution >= 4 is 7.75 Å². The first kappa shape index (κ1) is 11.2. The summed E-state index contributed by atoms with van der Waals surface area (Å²) >= 11 is 0. The van der Waals surface area contributed by atoms with Crippen LogP contribution in [0, 0.1) is 5.92 Å². The Bertz CT molecular complexity index is 210. The SMILES string of the molecule is CCCC1OP(N)(=O)OCC1CC. The standard InChI is InChI=1S/C8H18NO3P/c1-3-5-8-7(4-2)6-11-13(9,10)12-8/h7-8H,3-6H2,1-2H3,(H2,9,10). The minimum absolute atomic E-state index is 0.0135. The Balaban J connectivity index is 2.57. The quantitative estimate of drug-likeness (QED) is 0.721. The Kier molecular flexibility index (Phi) is 3.92. The summed E-state index contributed by atoms with van der Waals surface area (Å²) < 4.78 is 21.5. The second-order valence-electron chi connectivity index (χ2n) is 3.44. The Hall–Kier alpha value is 0.110. The molecule has 78 valence electrons. The maximum Gasteiger partial charge on any atom is 0.403 e. The fourth-order valence-electron chi connectivity index (χ4n) is 1.57. The predicted octanol–water partition coefficient (Wildman–Crippen LogP) is 2.29. The Labute approximate surface area is 79.4 Å². The number of nitrogens with two attached hydrogens (primary N) is 1. The van der Waals surface area contributed by atoms with E-state index < -0.39 is 7.75 Å². The maximum atomic E-state index is 11.3. The molecule has 1 heterocycles. The lowest BCUT2D eigenvalue weighted by Crippen LogP contribution is -2.33. The number of hydrogen-bond acceptors (Lipinski definition) is 3. The summed E-state index contributed by atoms with van der Waals surface area (Å²) in [6.07, 6.45) is 2.91. The highest BCUT2D eigenvalue weighted by Gasteiger charge is 2.35. The van der Waals surface area contributed by atoms with E-state index >= 15 is 0 Å². The van der Waals surface area contributed by atoms with Crippen molar-refractivity contribution in [2.24, 2.45) is 11.4 Å². The van der Waals surface area contributed by atoms with E-state index in [1.165, 1.54) is 0 Å². The van der Waals surface area contributed by atoms with Crippen molar-refractivity contribution in [2.75, 3.05) is 6.61 Å². The van der Waals surface area contributed by atoms with Crippen molar-refractivity contribution in [3.05, 3.63) is 0 Å². The highest BCUT2D eigenvalue weighted by Crippen LogP contribution is 2.47. The van der Waals surface area contributed by atoms with E-state index in [-0.39, 0.29) is 6.10 Å². The first-order valence-electron chi connectivity index (χ1n) is 4.80. The van der Waals surface area contributed by atoms with E-state index in [0.29, 0.717) is 12.5 Å². The molecule has 5 heteroatoms. The van der Waals surface area contributed by atoms with Crippen LogP contribution in [0.5, 0.6) is 0 Å². The molecular weight excluding hydrogens is 189 g/mol. The third-order valence-electron chi connectivity index (χ3n) is 2.37. The zero-order valence-electron chi connectivity index (χ0n) is 8.23. The van der Waals surface area contributed by atoms with Crippen molar-refractivity contribution in [2.45, 2.75) is 39.2 Å². The van der Waals surface area contributed by atoms with Crippen LogP contribution in [0.2, 0.25) is 0 Å². The van der Waals surface area contributed by atoms with Gasteiger partial charge in [-0.05, 0) is 12.8 Å². The van der Waals surface area contributed by atoms with Crippen LogP contribution in [-0.4, -0.2) is 12.7 Å². The average molecular weight is 207 g/mol. The maximum absolute atomic E-state index is 11.3. The van der Waals surface area contributed by atoms with Crippen molar-refractivity contribution in [3.8, 4) is 0 Å². The summed E-state index contributed by atoms with van der Waals surface area (Å²) in [5, 5.41) is 0. The summed E-state index contributed by atoms with van der Waals surface area (Å²) in [7, 11) is -3.22. The molecule has 0 aromatic rings. The molecule has 2 N–H and O–H groups in total. The van der Waals surface area contributed by atoms with E-state index in [0.717, 1.165) is 19.3 Å². The molecule has 0 aromatic heterocycles. The topological polar surface area (TPSA) is 61.5 Å². The molecule has 1 aliphatic rings. The van der Waals surface area contributed by atoms with Gasteiger partial charge in [0.1, 0.15) is 0 Å². The van der Waals surface area contributed by atoms with E-state index in [1.54, 1.807) is 0 Å². The molecule has 3 atom stereocenters. The molecule has 0 spiro atoms. The molecule has 1 fully saturated rings. The molecule has 0 aromatic carbocycles. The van der Waals surface area contributed by atoms with Crippen LogP contribution in [0.25, 0.3) is 0 Å². The lowest BCUT2D eigenvalue weighted by molar-refractivity contribution is 0.0199. The highest BCUT2D eigenvalue weighted by molar-refractivity contribution is 7.51. The van der Waals surface area contributed by atoms with Crippen molar-refractivity contribution in [1.82, 2.24) is 0 Å². The van der Waals surface area contributed by atoms with Gasteiger partial charge in [-0.15, -0.1) is 0 Å². The lowest BCUT2D eigenvalue weighted by atomic mass is 9.97. The zero-order chi connectivity index (χ0) is 9.90. The zero-order valence-corrected chi connectivity index (χ0v) is 9.13. The van der Waals surface area contributed by atoms with E-state index in [4.69, 9.17) is 14.6 Å². The lowest BCUT2D eigenvalue weighted by Gasteiger charge is -2.33. The molecule has 0 bridgehead atoms. The molecule has 1 saturated heterocycles. The van der Waals surface area contributed by atoms with Gasteiger partial charge >= 0.3 is 7.75 Å². The van der Waals surface area contributed by atoms with Crippen LogP contribution < -0.4 is 5.50 Å². The predicted molar refractivity (Wildman–Crippen MR) is 51.3 cm³/mol. The Morgan fingerprint density at radius 3 is 2.77 bits per heavy atom. The van der Waals surface area contributed by atoms with Gasteiger partial charge in [0.2, 0.25) is 0 Å². The molecule has 3 unspecified atom stereocenters. The first-order valence-corrected chi connectivity index (χ1v) is 6.41. The number of hydrogen-bond donors (Lipinski definition) is 1. The van der Waals surface area contributed by atoms with Gasteiger partial charge in [-0.1, -0.05) is 20.3 Å². The fraction of sp³-hybridized carbons (Fsp3) is 1.00. The molecular formula is C8H18NO3P. The van der Waals surface area contributed by atoms with Gasteiger partial charge in [-0.2, -0.15) is 0 Å². The second kappa shape index (κ2) is 4.56. The minimum atomic E-state index is -3.22. The van der Waals surface area contributed by atoms with Gasteiger partial charge in [0.15, 0.2) is 0 Å². The largest absolute Gasteiger partial charge is 0.403 e. The van der Waals surface area contributed by atoms with E-state index in [9.17, 15) is 4.57 Å². The van der Waals surface area contributed by atoms with Gasteiger partial charge in [-0.3, -0.25) is 9.05 Å². The van der Waals surface area contributed by atoms with Gasteiger partial charge in [-0.25, -0.2) is 10.1 Å². The Morgan fingerprint density at radius 2 is 2.23 bits per heavy atom. The Morgan fingerprint density at radius 1 is 1.54 bits per heavy atom.